The molecule has 2 N–H and O–H groups in total. The first-order chi connectivity index (χ1) is 16.4. The highest BCUT2D eigenvalue weighted by atomic mass is 32.2. The summed E-state index contributed by atoms with van der Waals surface area (Å²) in [6, 6.07) is 13.8. The van der Waals surface area contributed by atoms with E-state index in [0.717, 1.165) is 5.16 Å². The Labute approximate surface area is 200 Å². The fourth-order valence-corrected chi connectivity index (χ4v) is 4.15. The van der Waals surface area contributed by atoms with Gasteiger partial charge in [0.25, 0.3) is 11.5 Å². The molecule has 4 aromatic rings. The van der Waals surface area contributed by atoms with Gasteiger partial charge in [0.15, 0.2) is 5.16 Å². The van der Waals surface area contributed by atoms with Gasteiger partial charge in [-0.1, -0.05) is 23.9 Å². The Morgan fingerprint density at radius 1 is 1.15 bits per heavy atom. The number of hydrogen-bond acceptors (Lipinski definition) is 6. The summed E-state index contributed by atoms with van der Waals surface area (Å²) in [4.78, 5) is 50.6. The topological polar surface area (TPSA) is 113 Å². The van der Waals surface area contributed by atoms with Crippen LogP contribution in [0, 0.1) is 0 Å². The lowest BCUT2D eigenvalue weighted by molar-refractivity contribution is -0.113. The van der Waals surface area contributed by atoms with E-state index in [1.807, 2.05) is 30.8 Å². The minimum absolute atomic E-state index is 0.159. The largest absolute Gasteiger partial charge is 0.331 e. The molecule has 0 fully saturated rings. The second-order valence-corrected chi connectivity index (χ2v) is 8.53. The first-order valence-corrected chi connectivity index (χ1v) is 11.7. The number of aromatic nitrogens is 4. The Bertz CT molecular complexity index is 1380. The summed E-state index contributed by atoms with van der Waals surface area (Å²) in [5.41, 5.74) is 1.44. The van der Waals surface area contributed by atoms with Crippen molar-refractivity contribution in [1.29, 1.82) is 0 Å². The van der Waals surface area contributed by atoms with Crippen molar-refractivity contribution in [2.75, 3.05) is 17.6 Å². The molecule has 0 aliphatic rings. The molecule has 10 heteroatoms. The molecule has 0 aliphatic heterocycles. The highest BCUT2D eigenvalue weighted by molar-refractivity contribution is 7.99. The number of nitrogens with zero attached hydrogens (tertiary/aromatic N) is 4. The van der Waals surface area contributed by atoms with Crippen molar-refractivity contribution in [2.45, 2.75) is 18.6 Å². The van der Waals surface area contributed by atoms with Crippen LogP contribution in [0.1, 0.15) is 23.1 Å². The zero-order valence-electron chi connectivity index (χ0n) is 18.8. The highest BCUT2D eigenvalue weighted by Gasteiger charge is 2.17. The van der Waals surface area contributed by atoms with Gasteiger partial charge in [-0.25, -0.2) is 9.97 Å². The van der Waals surface area contributed by atoms with Crippen molar-refractivity contribution in [2.24, 2.45) is 7.05 Å². The number of benzene rings is 2. The minimum Gasteiger partial charge on any atom is -0.331 e. The summed E-state index contributed by atoms with van der Waals surface area (Å²) in [5, 5.41) is 4.10. The molecule has 34 heavy (non-hydrogen) atoms. The van der Waals surface area contributed by atoms with E-state index in [1.54, 1.807) is 53.6 Å². The Morgan fingerprint density at radius 3 is 2.62 bits per heavy atom. The van der Waals surface area contributed by atoms with Crippen LogP contribution in [-0.2, 0) is 18.4 Å². The van der Waals surface area contributed by atoms with Gasteiger partial charge in [0.05, 0.1) is 23.2 Å². The van der Waals surface area contributed by atoms with E-state index in [4.69, 9.17) is 0 Å². The van der Waals surface area contributed by atoms with Crippen molar-refractivity contribution in [1.82, 2.24) is 24.4 Å². The van der Waals surface area contributed by atoms with Gasteiger partial charge in [-0.3, -0.25) is 14.4 Å². The lowest BCUT2D eigenvalue weighted by Gasteiger charge is -2.20. The molecule has 0 atom stereocenters. The molecule has 2 heterocycles. The number of hydrogen-bond donors (Lipinski definition) is 2. The van der Waals surface area contributed by atoms with E-state index >= 15 is 0 Å². The number of carbonyl (C=O) groups excluding carboxylic acids is 2. The lowest BCUT2D eigenvalue weighted by atomic mass is 10.1. The van der Waals surface area contributed by atoms with E-state index in [-0.39, 0.29) is 29.7 Å². The quantitative estimate of drug-likeness (QED) is 0.378. The van der Waals surface area contributed by atoms with Crippen molar-refractivity contribution in [3.8, 4) is 0 Å². The van der Waals surface area contributed by atoms with Crippen LogP contribution in [0.4, 0.5) is 5.69 Å². The van der Waals surface area contributed by atoms with Gasteiger partial charge in [0.2, 0.25) is 5.91 Å². The van der Waals surface area contributed by atoms with Crippen LogP contribution >= 0.6 is 11.8 Å². The average molecular weight is 477 g/mol. The molecule has 4 rings (SSSR count). The molecule has 2 aromatic carbocycles. The van der Waals surface area contributed by atoms with Crippen LogP contribution in [0.5, 0.6) is 0 Å². The van der Waals surface area contributed by atoms with Crippen LogP contribution in [-0.4, -0.2) is 48.5 Å². The molecule has 0 aliphatic carbocycles. The fraction of sp³-hybridized carbons (Fsp3) is 0.208. The van der Waals surface area contributed by atoms with Gasteiger partial charge in [0.1, 0.15) is 5.82 Å². The van der Waals surface area contributed by atoms with E-state index in [1.165, 1.54) is 11.8 Å². The van der Waals surface area contributed by atoms with Gasteiger partial charge in [-0.2, -0.15) is 0 Å². The maximum atomic E-state index is 13.0. The second-order valence-electron chi connectivity index (χ2n) is 7.58. The molecular formula is C24H24N6O3S. The summed E-state index contributed by atoms with van der Waals surface area (Å²) in [6.45, 7) is 2.49. The van der Waals surface area contributed by atoms with Crippen LogP contribution < -0.4 is 10.9 Å². The second kappa shape index (κ2) is 10.3. The van der Waals surface area contributed by atoms with Gasteiger partial charge in [-0.15, -0.1) is 0 Å². The molecule has 2 amide bonds. The number of aryl methyl sites for hydroxylation is 1. The summed E-state index contributed by atoms with van der Waals surface area (Å²) >= 11 is 1.35. The maximum absolute atomic E-state index is 13.0. The van der Waals surface area contributed by atoms with Crippen molar-refractivity contribution < 1.29 is 9.59 Å². The maximum Gasteiger partial charge on any atom is 0.258 e. The third-order valence-corrected chi connectivity index (χ3v) is 6.25. The normalized spacial score (nSPS) is 10.9. The molecule has 0 bridgehead atoms. The van der Waals surface area contributed by atoms with Crippen molar-refractivity contribution in [3.05, 3.63) is 82.7 Å². The zero-order valence-corrected chi connectivity index (χ0v) is 19.6. The number of fused-ring (bicyclic) bond motifs is 1. The summed E-state index contributed by atoms with van der Waals surface area (Å²) in [5.74, 6) is 0.301. The summed E-state index contributed by atoms with van der Waals surface area (Å²) in [6.07, 6.45) is 3.51. The van der Waals surface area contributed by atoms with E-state index in [2.05, 4.69) is 20.3 Å². The van der Waals surface area contributed by atoms with Crippen molar-refractivity contribution in [3.63, 3.8) is 0 Å². The Morgan fingerprint density at radius 2 is 1.91 bits per heavy atom. The van der Waals surface area contributed by atoms with Gasteiger partial charge < -0.3 is 19.8 Å². The number of imidazole rings is 1. The molecule has 0 saturated carbocycles. The summed E-state index contributed by atoms with van der Waals surface area (Å²) < 4.78 is 1.85. The lowest BCUT2D eigenvalue weighted by Crippen LogP contribution is -2.32. The Hall–Kier alpha value is -3.92. The monoisotopic (exact) mass is 476 g/mol. The zero-order chi connectivity index (χ0) is 24.1. The molecule has 0 unspecified atom stereocenters. The van der Waals surface area contributed by atoms with Crippen molar-refractivity contribution >= 4 is 40.2 Å². The van der Waals surface area contributed by atoms with Crippen LogP contribution in [0.25, 0.3) is 10.9 Å². The number of thioether (sulfide) groups is 1. The number of amides is 2. The fourth-order valence-electron chi connectivity index (χ4n) is 3.41. The van der Waals surface area contributed by atoms with Crippen LogP contribution in [0.15, 0.2) is 70.9 Å². The summed E-state index contributed by atoms with van der Waals surface area (Å²) in [7, 11) is 1.87. The first-order valence-electron chi connectivity index (χ1n) is 10.7. The number of aromatic amines is 1. The predicted octanol–water partition coefficient (Wildman–Crippen LogP) is 3.05. The number of H-pyrrole nitrogens is 1. The molecule has 174 valence electrons. The average Bonchev–Trinajstić information content (AvgIpc) is 3.26. The number of rotatable bonds is 8. The SMILES string of the molecule is CCN(Cc1nc2ccccc2c(=O)[nH]1)C(=O)c1ccc(NC(=O)CSc2nccn2C)cc1. The number of anilines is 1. The third kappa shape index (κ3) is 5.34. The molecule has 0 saturated heterocycles. The number of carbonyl (C=O) groups is 2. The van der Waals surface area contributed by atoms with Gasteiger partial charge in [0, 0.05) is 37.2 Å². The standard InChI is InChI=1S/C24H24N6O3S/c1-3-30(14-20-27-19-7-5-4-6-18(19)22(32)28-20)23(33)16-8-10-17(11-9-16)26-21(31)15-34-24-25-12-13-29(24)2/h4-13H,3,14-15H2,1-2H3,(H,26,31)(H,27,28,32). The van der Waals surface area contributed by atoms with E-state index < -0.39 is 0 Å². The Balaban J connectivity index is 1.39. The van der Waals surface area contributed by atoms with Gasteiger partial charge in [-0.05, 0) is 43.3 Å². The number of nitrogens with one attached hydrogen (secondary N) is 2. The van der Waals surface area contributed by atoms with Crippen LogP contribution in [0.3, 0.4) is 0 Å². The Kier molecular flexibility index (Phi) is 7.07. The predicted molar refractivity (Wildman–Crippen MR) is 132 cm³/mol. The third-order valence-electron chi connectivity index (χ3n) is 5.20. The molecule has 2 aromatic heterocycles. The highest BCUT2D eigenvalue weighted by Crippen LogP contribution is 2.17. The number of para-hydroxylation sites is 1. The molecular weight excluding hydrogens is 452 g/mol. The first kappa shape index (κ1) is 23.2. The van der Waals surface area contributed by atoms with Crippen LogP contribution in [0.2, 0.25) is 0 Å². The van der Waals surface area contributed by atoms with E-state index in [0.29, 0.717) is 34.5 Å². The molecule has 0 spiro atoms. The van der Waals surface area contributed by atoms with Gasteiger partial charge >= 0.3 is 0 Å². The minimum atomic E-state index is -0.231. The smallest absolute Gasteiger partial charge is 0.258 e. The van der Waals surface area contributed by atoms with E-state index in [9.17, 15) is 14.4 Å². The molecule has 9 nitrogen and oxygen atoms in total. The molecule has 0 radical (unpaired) electrons.